The minimum absolute atomic E-state index is 0.272. The summed E-state index contributed by atoms with van der Waals surface area (Å²) in [5, 5.41) is 0. The van der Waals surface area contributed by atoms with Gasteiger partial charge in [-0.25, -0.2) is 0 Å². The lowest BCUT2D eigenvalue weighted by Crippen LogP contribution is -2.41. The highest BCUT2D eigenvalue weighted by Crippen LogP contribution is 2.29. The van der Waals surface area contributed by atoms with E-state index in [1.54, 1.807) is 31.4 Å². The third kappa shape index (κ3) is 3.53. The molecular formula is C17H18N2O3S. The predicted molar refractivity (Wildman–Crippen MR) is 88.9 cm³/mol. The molecule has 0 radical (unpaired) electrons. The molecule has 1 heterocycles. The number of fused-ring (bicyclic) bond motifs is 1. The van der Waals surface area contributed by atoms with Crippen molar-refractivity contribution in [2.75, 3.05) is 7.11 Å². The third-order valence-electron chi connectivity index (χ3n) is 3.86. The molecule has 6 heteroatoms. The Balaban J connectivity index is 1.59. The molecule has 1 aliphatic carbocycles. The fourth-order valence-electron chi connectivity index (χ4n) is 2.59. The maximum Gasteiger partial charge on any atom is 0.279 e. The topological polar surface area (TPSA) is 67.4 Å². The van der Waals surface area contributed by atoms with Gasteiger partial charge < -0.3 is 4.74 Å². The second kappa shape index (κ2) is 6.83. The Hall–Kier alpha value is -2.34. The highest BCUT2D eigenvalue weighted by molar-refractivity contribution is 7.14. The van der Waals surface area contributed by atoms with Crippen LogP contribution in [0.4, 0.5) is 0 Å². The molecule has 0 saturated heterocycles. The van der Waals surface area contributed by atoms with E-state index in [0.29, 0.717) is 16.2 Å². The lowest BCUT2D eigenvalue weighted by molar-refractivity contribution is 0.0849. The number of aryl methyl sites for hydroxylation is 2. The van der Waals surface area contributed by atoms with Gasteiger partial charge in [-0.15, -0.1) is 11.3 Å². The first-order valence-corrected chi connectivity index (χ1v) is 8.35. The molecule has 0 bridgehead atoms. The van der Waals surface area contributed by atoms with Gasteiger partial charge in [0.05, 0.1) is 12.0 Å². The number of hydrazine groups is 1. The zero-order valence-electron chi connectivity index (χ0n) is 12.8. The van der Waals surface area contributed by atoms with Gasteiger partial charge in [-0.05, 0) is 61.6 Å². The van der Waals surface area contributed by atoms with Crippen molar-refractivity contribution in [1.82, 2.24) is 10.9 Å². The Bertz CT molecular complexity index is 698. The summed E-state index contributed by atoms with van der Waals surface area (Å²) in [6.45, 7) is 0. The van der Waals surface area contributed by atoms with Gasteiger partial charge in [0.25, 0.3) is 11.8 Å². The molecule has 1 aromatic carbocycles. The molecule has 1 aromatic heterocycles. The van der Waals surface area contributed by atoms with Crippen LogP contribution in [-0.4, -0.2) is 18.9 Å². The maximum atomic E-state index is 12.2. The molecule has 2 aromatic rings. The van der Waals surface area contributed by atoms with E-state index in [1.807, 2.05) is 6.07 Å². The summed E-state index contributed by atoms with van der Waals surface area (Å²) in [6, 6.07) is 8.62. The Kier molecular flexibility index (Phi) is 4.62. The summed E-state index contributed by atoms with van der Waals surface area (Å²) in [5.41, 5.74) is 6.64. The van der Waals surface area contributed by atoms with Crippen LogP contribution in [-0.2, 0) is 12.8 Å². The van der Waals surface area contributed by atoms with Crippen molar-refractivity contribution < 1.29 is 14.3 Å². The fourth-order valence-corrected chi connectivity index (χ4v) is 3.74. The first-order chi connectivity index (χ1) is 11.2. The number of nitrogens with one attached hydrogen (secondary N) is 2. The Morgan fingerprint density at radius 1 is 1.04 bits per heavy atom. The summed E-state index contributed by atoms with van der Waals surface area (Å²) in [7, 11) is 1.57. The van der Waals surface area contributed by atoms with Crippen molar-refractivity contribution in [2.24, 2.45) is 0 Å². The summed E-state index contributed by atoms with van der Waals surface area (Å²) in [4.78, 5) is 26.1. The van der Waals surface area contributed by atoms with E-state index in [2.05, 4.69) is 10.9 Å². The number of benzene rings is 1. The monoisotopic (exact) mass is 330 g/mol. The van der Waals surface area contributed by atoms with Crippen LogP contribution in [0.2, 0.25) is 0 Å². The smallest absolute Gasteiger partial charge is 0.279 e. The lowest BCUT2D eigenvalue weighted by Gasteiger charge is -2.08. The molecule has 0 unspecified atom stereocenters. The van der Waals surface area contributed by atoms with E-state index in [-0.39, 0.29) is 11.8 Å². The first kappa shape index (κ1) is 15.6. The molecule has 0 aliphatic heterocycles. The van der Waals surface area contributed by atoms with E-state index in [1.165, 1.54) is 34.6 Å². The molecule has 1 aliphatic rings. The van der Waals surface area contributed by atoms with Gasteiger partial charge in [-0.1, -0.05) is 0 Å². The molecule has 0 saturated carbocycles. The Morgan fingerprint density at radius 3 is 2.43 bits per heavy atom. The number of carbonyl (C=O) groups is 2. The zero-order valence-corrected chi connectivity index (χ0v) is 13.7. The number of amides is 2. The van der Waals surface area contributed by atoms with Gasteiger partial charge in [0.2, 0.25) is 0 Å². The molecule has 5 nitrogen and oxygen atoms in total. The molecular weight excluding hydrogens is 312 g/mol. The molecule has 0 atom stereocenters. The van der Waals surface area contributed by atoms with Gasteiger partial charge in [0.15, 0.2) is 0 Å². The van der Waals surface area contributed by atoms with Crippen molar-refractivity contribution in [3.8, 4) is 5.75 Å². The second-order valence-corrected chi connectivity index (χ2v) is 6.54. The normalized spacial score (nSPS) is 13.1. The molecule has 3 rings (SSSR count). The van der Waals surface area contributed by atoms with Crippen molar-refractivity contribution in [2.45, 2.75) is 25.7 Å². The van der Waals surface area contributed by atoms with Crippen LogP contribution in [0.3, 0.4) is 0 Å². The average Bonchev–Trinajstić information content (AvgIpc) is 3.03. The van der Waals surface area contributed by atoms with Crippen LogP contribution in [0.25, 0.3) is 0 Å². The first-order valence-electron chi connectivity index (χ1n) is 7.53. The van der Waals surface area contributed by atoms with Crippen molar-refractivity contribution in [3.05, 3.63) is 51.2 Å². The van der Waals surface area contributed by atoms with Gasteiger partial charge in [0, 0.05) is 10.4 Å². The second-order valence-electron chi connectivity index (χ2n) is 5.40. The average molecular weight is 330 g/mol. The standard InChI is InChI=1S/C17H18N2O3S/c1-22-13-8-6-11(7-9-13)16(20)18-19-17(21)15-10-12-4-2-3-5-14(12)23-15/h6-10H,2-5H2,1H3,(H,18,20)(H,19,21). The SMILES string of the molecule is COc1ccc(C(=O)NNC(=O)c2cc3c(s2)CCCC3)cc1. The maximum absolute atomic E-state index is 12.2. The zero-order chi connectivity index (χ0) is 16.2. The number of rotatable bonds is 3. The minimum atomic E-state index is -0.359. The minimum Gasteiger partial charge on any atom is -0.497 e. The summed E-state index contributed by atoms with van der Waals surface area (Å²) in [5.74, 6) is 0.0448. The summed E-state index contributed by atoms with van der Waals surface area (Å²) >= 11 is 1.52. The van der Waals surface area contributed by atoms with Crippen molar-refractivity contribution in [3.63, 3.8) is 0 Å². The molecule has 2 N–H and O–H groups in total. The van der Waals surface area contributed by atoms with E-state index in [4.69, 9.17) is 4.74 Å². The fraction of sp³-hybridized carbons (Fsp3) is 0.294. The van der Waals surface area contributed by atoms with Crippen molar-refractivity contribution in [1.29, 1.82) is 0 Å². The number of carbonyl (C=O) groups excluding carboxylic acids is 2. The van der Waals surface area contributed by atoms with Gasteiger partial charge >= 0.3 is 0 Å². The summed E-state index contributed by atoms with van der Waals surface area (Å²) < 4.78 is 5.04. The number of thiophene rings is 1. The largest absolute Gasteiger partial charge is 0.497 e. The van der Waals surface area contributed by atoms with E-state index in [0.717, 1.165) is 12.8 Å². The number of hydrogen-bond donors (Lipinski definition) is 2. The van der Waals surface area contributed by atoms with Gasteiger partial charge in [-0.3, -0.25) is 20.4 Å². The molecule has 0 fully saturated rings. The van der Waals surface area contributed by atoms with Gasteiger partial charge in [0.1, 0.15) is 5.75 Å². The molecule has 0 spiro atoms. The Morgan fingerprint density at radius 2 is 1.74 bits per heavy atom. The lowest BCUT2D eigenvalue weighted by atomic mass is 9.99. The van der Waals surface area contributed by atoms with E-state index in [9.17, 15) is 9.59 Å². The van der Waals surface area contributed by atoms with Crippen LogP contribution in [0, 0.1) is 0 Å². The molecule has 2 amide bonds. The van der Waals surface area contributed by atoms with Crippen LogP contribution in [0.5, 0.6) is 5.75 Å². The molecule has 120 valence electrons. The Labute approximate surface area is 138 Å². The number of hydrogen-bond acceptors (Lipinski definition) is 4. The highest BCUT2D eigenvalue weighted by atomic mass is 32.1. The van der Waals surface area contributed by atoms with Crippen LogP contribution in [0.15, 0.2) is 30.3 Å². The van der Waals surface area contributed by atoms with Crippen LogP contribution < -0.4 is 15.6 Å². The van der Waals surface area contributed by atoms with Crippen molar-refractivity contribution >= 4 is 23.2 Å². The predicted octanol–water partition coefficient (Wildman–Crippen LogP) is 2.71. The highest BCUT2D eigenvalue weighted by Gasteiger charge is 2.17. The summed E-state index contributed by atoms with van der Waals surface area (Å²) in [6.07, 6.45) is 4.45. The van der Waals surface area contributed by atoms with Crippen LogP contribution in [0.1, 0.15) is 43.3 Å². The number of methoxy groups -OCH3 is 1. The van der Waals surface area contributed by atoms with Crippen LogP contribution >= 0.6 is 11.3 Å². The van der Waals surface area contributed by atoms with E-state index >= 15 is 0 Å². The van der Waals surface area contributed by atoms with E-state index < -0.39 is 0 Å². The number of ether oxygens (including phenoxy) is 1. The van der Waals surface area contributed by atoms with Gasteiger partial charge in [-0.2, -0.15) is 0 Å². The third-order valence-corrected chi connectivity index (χ3v) is 5.10. The molecule has 23 heavy (non-hydrogen) atoms. The quantitative estimate of drug-likeness (QED) is 0.850.